The van der Waals surface area contributed by atoms with Gasteiger partial charge in [-0.15, -0.1) is 0 Å². The van der Waals surface area contributed by atoms with E-state index in [0.29, 0.717) is 0 Å². The number of aromatic nitrogens is 2. The van der Waals surface area contributed by atoms with Gasteiger partial charge in [-0.1, -0.05) is 0 Å². The lowest BCUT2D eigenvalue weighted by atomic mass is 10.3. The molecular formula is C17H27N2O4S+. The Hall–Kier alpha value is -1.63. The van der Waals surface area contributed by atoms with E-state index >= 15 is 0 Å². The number of esters is 1. The molecule has 1 aromatic rings. The maximum Gasteiger partial charge on any atom is 0.355 e. The standard InChI is InChI=1S/C17H26N2O4S/c1-9(2)18-11(5)12(6)19(10(3)4)16(18)24-13-14(20)22-17(7,8)23-15(13)21/h9-10H,1-8H3/p+1. The van der Waals surface area contributed by atoms with Gasteiger partial charge in [0, 0.05) is 39.5 Å². The summed E-state index contributed by atoms with van der Waals surface area (Å²) in [5.41, 5.74) is 2.26. The van der Waals surface area contributed by atoms with Crippen LogP contribution in [0.1, 0.15) is 65.0 Å². The Labute approximate surface area is 147 Å². The van der Waals surface area contributed by atoms with Crippen molar-refractivity contribution in [3.8, 4) is 0 Å². The molecule has 0 bridgehead atoms. The molecule has 1 aromatic heterocycles. The van der Waals surface area contributed by atoms with E-state index in [4.69, 9.17) is 9.47 Å². The van der Waals surface area contributed by atoms with Gasteiger partial charge in [-0.3, -0.25) is 0 Å². The number of rotatable bonds is 4. The maximum absolute atomic E-state index is 12.3. The smallest absolute Gasteiger partial charge is 0.355 e. The topological polar surface area (TPSA) is 64.6 Å². The maximum atomic E-state index is 12.3. The highest BCUT2D eigenvalue weighted by Crippen LogP contribution is 2.37. The molecule has 0 saturated heterocycles. The van der Waals surface area contributed by atoms with Crippen LogP contribution in [0.2, 0.25) is 0 Å². The fourth-order valence-electron chi connectivity index (χ4n) is 2.90. The highest BCUT2D eigenvalue weighted by Gasteiger charge is 2.40. The fraction of sp³-hybridized carbons (Fsp3) is 0.647. The second-order valence-electron chi connectivity index (χ2n) is 7.01. The summed E-state index contributed by atoms with van der Waals surface area (Å²) in [7, 11) is 0. The Morgan fingerprint density at radius 1 is 1.17 bits per heavy atom. The van der Waals surface area contributed by atoms with E-state index in [9.17, 15) is 9.90 Å². The lowest BCUT2D eigenvalue weighted by Gasteiger charge is -2.30. The molecule has 0 saturated carbocycles. The summed E-state index contributed by atoms with van der Waals surface area (Å²) in [6.45, 7) is 15.7. The van der Waals surface area contributed by atoms with Crippen LogP contribution in [0.4, 0.5) is 0 Å². The molecule has 0 spiro atoms. The zero-order valence-electron chi connectivity index (χ0n) is 15.6. The summed E-state index contributed by atoms with van der Waals surface area (Å²) in [6, 6.07) is 0.428. The molecule has 0 fully saturated rings. The number of hydrogen-bond donors (Lipinski definition) is 1. The molecule has 0 aromatic carbocycles. The van der Waals surface area contributed by atoms with E-state index in [1.807, 2.05) is 0 Å². The second-order valence-corrected chi connectivity index (χ2v) is 7.99. The van der Waals surface area contributed by atoms with Crippen molar-refractivity contribution in [1.29, 1.82) is 0 Å². The van der Waals surface area contributed by atoms with Crippen LogP contribution < -0.4 is 4.57 Å². The minimum atomic E-state index is -1.16. The van der Waals surface area contributed by atoms with Crippen LogP contribution in [0, 0.1) is 13.8 Å². The number of aliphatic hydroxyl groups excluding tert-OH is 1. The van der Waals surface area contributed by atoms with Gasteiger partial charge in [0.15, 0.2) is 4.91 Å². The van der Waals surface area contributed by atoms with Gasteiger partial charge in [0.25, 0.3) is 5.79 Å². The SMILES string of the molecule is Cc1c(C)[n+](C(C)C)c(SC2=C(O)OC(C)(C)OC2=O)n1C(C)C. The first kappa shape index (κ1) is 18.7. The Kier molecular flexibility index (Phi) is 4.95. The molecule has 0 radical (unpaired) electrons. The molecule has 6 nitrogen and oxygen atoms in total. The van der Waals surface area contributed by atoms with E-state index in [-0.39, 0.29) is 22.9 Å². The van der Waals surface area contributed by atoms with E-state index in [1.165, 1.54) is 11.8 Å². The van der Waals surface area contributed by atoms with Crippen molar-refractivity contribution in [1.82, 2.24) is 4.57 Å². The molecule has 0 amide bonds. The number of thioether (sulfide) groups is 1. The van der Waals surface area contributed by atoms with Crippen LogP contribution in [-0.4, -0.2) is 21.4 Å². The molecule has 1 N–H and O–H groups in total. The van der Waals surface area contributed by atoms with Crippen molar-refractivity contribution < 1.29 is 23.9 Å². The Balaban J connectivity index is 2.57. The van der Waals surface area contributed by atoms with Gasteiger partial charge in [0.2, 0.25) is 0 Å². The normalized spacial score (nSPS) is 17.5. The fourth-order valence-corrected chi connectivity index (χ4v) is 4.23. The van der Waals surface area contributed by atoms with E-state index < -0.39 is 11.8 Å². The van der Waals surface area contributed by atoms with Gasteiger partial charge in [-0.25, -0.2) is 13.9 Å². The molecule has 1 aliphatic rings. The van der Waals surface area contributed by atoms with Gasteiger partial charge in [0.05, 0.1) is 12.1 Å². The van der Waals surface area contributed by atoms with Gasteiger partial charge in [-0.2, -0.15) is 0 Å². The molecule has 1 aliphatic heterocycles. The summed E-state index contributed by atoms with van der Waals surface area (Å²) in [5, 5.41) is 11.1. The second kappa shape index (κ2) is 6.35. The molecule has 2 heterocycles. The molecule has 2 rings (SSSR count). The molecule has 0 atom stereocenters. The van der Waals surface area contributed by atoms with Crippen molar-refractivity contribution in [3.05, 3.63) is 22.2 Å². The number of cyclic esters (lactones) is 1. The summed E-state index contributed by atoms with van der Waals surface area (Å²) in [5.74, 6) is -2.12. The lowest BCUT2D eigenvalue weighted by molar-refractivity contribution is -0.756. The predicted octanol–water partition coefficient (Wildman–Crippen LogP) is 3.68. The molecule has 7 heteroatoms. The van der Waals surface area contributed by atoms with Crippen molar-refractivity contribution >= 4 is 17.7 Å². The number of aliphatic hydroxyl groups is 1. The average Bonchev–Trinajstić information content (AvgIpc) is 2.64. The molecule has 134 valence electrons. The molecule has 24 heavy (non-hydrogen) atoms. The summed E-state index contributed by atoms with van der Waals surface area (Å²) in [4.78, 5) is 12.4. The molecule has 0 aliphatic carbocycles. The Morgan fingerprint density at radius 2 is 1.75 bits per heavy atom. The van der Waals surface area contributed by atoms with Gasteiger partial charge in [-0.05, 0) is 27.7 Å². The minimum absolute atomic E-state index is 0.0723. The number of ether oxygens (including phenoxy) is 2. The number of carbonyl (C=O) groups is 1. The quantitative estimate of drug-likeness (QED) is 0.659. The Bertz CT molecular complexity index is 670. The third-order valence-electron chi connectivity index (χ3n) is 3.95. The van der Waals surface area contributed by atoms with Crippen LogP contribution in [0.25, 0.3) is 0 Å². The zero-order valence-corrected chi connectivity index (χ0v) is 16.4. The van der Waals surface area contributed by atoms with Gasteiger partial charge < -0.3 is 14.6 Å². The van der Waals surface area contributed by atoms with Crippen LogP contribution in [0.15, 0.2) is 16.0 Å². The van der Waals surface area contributed by atoms with E-state index in [2.05, 4.69) is 50.7 Å². The highest BCUT2D eigenvalue weighted by atomic mass is 32.2. The van der Waals surface area contributed by atoms with Crippen molar-refractivity contribution in [2.45, 2.75) is 78.4 Å². The van der Waals surface area contributed by atoms with E-state index in [1.54, 1.807) is 13.8 Å². The summed E-state index contributed by atoms with van der Waals surface area (Å²) < 4.78 is 14.9. The third-order valence-corrected chi connectivity index (χ3v) is 5.07. The first-order valence-corrected chi connectivity index (χ1v) is 8.94. The number of carbonyl (C=O) groups excluding carboxylic acids is 1. The third kappa shape index (κ3) is 3.27. The Morgan fingerprint density at radius 3 is 2.21 bits per heavy atom. The van der Waals surface area contributed by atoms with Crippen LogP contribution in [0.3, 0.4) is 0 Å². The summed E-state index contributed by atoms with van der Waals surface area (Å²) in [6.07, 6.45) is 0. The summed E-state index contributed by atoms with van der Waals surface area (Å²) >= 11 is 1.18. The highest BCUT2D eigenvalue weighted by molar-refractivity contribution is 8.03. The van der Waals surface area contributed by atoms with Crippen LogP contribution in [-0.2, 0) is 14.3 Å². The van der Waals surface area contributed by atoms with Crippen LogP contribution in [0.5, 0.6) is 0 Å². The lowest BCUT2D eigenvalue weighted by Crippen LogP contribution is -2.41. The monoisotopic (exact) mass is 355 g/mol. The van der Waals surface area contributed by atoms with Gasteiger partial charge >= 0.3 is 17.1 Å². The number of imidazole rings is 1. The van der Waals surface area contributed by atoms with Crippen molar-refractivity contribution in [2.75, 3.05) is 0 Å². The van der Waals surface area contributed by atoms with Crippen LogP contribution >= 0.6 is 11.8 Å². The molecule has 0 unspecified atom stereocenters. The molecular weight excluding hydrogens is 328 g/mol. The van der Waals surface area contributed by atoms with E-state index in [0.717, 1.165) is 16.5 Å². The first-order chi connectivity index (χ1) is 11.0. The minimum Gasteiger partial charge on any atom is -0.480 e. The average molecular weight is 355 g/mol. The first-order valence-electron chi connectivity index (χ1n) is 8.12. The van der Waals surface area contributed by atoms with Crippen molar-refractivity contribution in [2.24, 2.45) is 0 Å². The number of hydrogen-bond acceptors (Lipinski definition) is 5. The number of nitrogens with zero attached hydrogens (tertiary/aromatic N) is 2. The predicted molar refractivity (Wildman–Crippen MR) is 91.6 cm³/mol. The van der Waals surface area contributed by atoms with Gasteiger partial charge in [0.1, 0.15) is 11.4 Å². The van der Waals surface area contributed by atoms with Crippen molar-refractivity contribution in [3.63, 3.8) is 0 Å². The largest absolute Gasteiger partial charge is 0.480 e. The zero-order chi connectivity index (χ0) is 18.4.